The van der Waals surface area contributed by atoms with Gasteiger partial charge in [-0.05, 0) is 85.0 Å². The summed E-state index contributed by atoms with van der Waals surface area (Å²) in [6.45, 7) is 0. The van der Waals surface area contributed by atoms with E-state index < -0.39 is 10.8 Å². The molecule has 0 saturated carbocycles. The molecule has 0 fully saturated rings. The standard InChI is InChI=1S/C44H26O/c1-6-18-33-27(13-1)28-14-2-7-19-34(28)43(33)37-22-10-11-23-38(37)44(35-20-8-3-15-29(35)30-16-4-9-21-36(30)44)40-26-42-32(25-39(40)43)31-17-5-12-24-41(31)45-42/h1-26H. The molecule has 0 amide bonds. The molecule has 0 saturated heterocycles. The Bertz CT molecular complexity index is 2470. The SMILES string of the molecule is c1ccc2c(c1)-c1ccccc1C21c2ccccc2C2(c3ccccc3-c3ccccc32)c2cc3c(cc21)oc1ccccc13. The van der Waals surface area contributed by atoms with Crippen molar-refractivity contribution in [2.24, 2.45) is 0 Å². The van der Waals surface area contributed by atoms with Crippen LogP contribution in [0, 0.1) is 0 Å². The Morgan fingerprint density at radius 2 is 0.667 bits per heavy atom. The van der Waals surface area contributed by atoms with E-state index in [1.54, 1.807) is 0 Å². The zero-order valence-electron chi connectivity index (χ0n) is 24.4. The highest BCUT2D eigenvalue weighted by molar-refractivity contribution is 6.07. The molecule has 0 radical (unpaired) electrons. The van der Waals surface area contributed by atoms with Gasteiger partial charge in [-0.25, -0.2) is 0 Å². The van der Waals surface area contributed by atoms with Gasteiger partial charge in [-0.2, -0.15) is 0 Å². The molecule has 3 aliphatic carbocycles. The molecule has 0 atom stereocenters. The molecule has 45 heavy (non-hydrogen) atoms. The van der Waals surface area contributed by atoms with E-state index >= 15 is 0 Å². The number of furan rings is 1. The number of benzene rings is 7. The van der Waals surface area contributed by atoms with Crippen molar-refractivity contribution in [1.29, 1.82) is 0 Å². The molecule has 7 aromatic carbocycles. The highest BCUT2D eigenvalue weighted by Crippen LogP contribution is 2.67. The predicted octanol–water partition coefficient (Wildman–Crippen LogP) is 10.6. The minimum Gasteiger partial charge on any atom is -0.456 e. The first-order valence-corrected chi connectivity index (χ1v) is 15.8. The van der Waals surface area contributed by atoms with Crippen molar-refractivity contribution in [3.63, 3.8) is 0 Å². The largest absolute Gasteiger partial charge is 0.456 e. The van der Waals surface area contributed by atoms with Crippen molar-refractivity contribution >= 4 is 21.9 Å². The van der Waals surface area contributed by atoms with Crippen LogP contribution in [0.15, 0.2) is 162 Å². The quantitative estimate of drug-likeness (QED) is 0.177. The topological polar surface area (TPSA) is 13.1 Å². The number of fused-ring (bicyclic) bond motifs is 19. The summed E-state index contributed by atoms with van der Waals surface area (Å²) >= 11 is 0. The van der Waals surface area contributed by atoms with Crippen LogP contribution in [-0.2, 0) is 10.8 Å². The second kappa shape index (κ2) is 8.08. The van der Waals surface area contributed by atoms with Crippen LogP contribution in [0.2, 0.25) is 0 Å². The van der Waals surface area contributed by atoms with E-state index in [9.17, 15) is 0 Å². The lowest BCUT2D eigenvalue weighted by Gasteiger charge is -2.48. The number of hydrogen-bond acceptors (Lipinski definition) is 1. The van der Waals surface area contributed by atoms with E-state index in [1.807, 2.05) is 0 Å². The van der Waals surface area contributed by atoms with Crippen LogP contribution >= 0.6 is 0 Å². The van der Waals surface area contributed by atoms with E-state index in [0.717, 1.165) is 16.6 Å². The minimum atomic E-state index is -0.496. The normalized spacial score (nSPS) is 15.5. The molecule has 8 aromatic rings. The molecular weight excluding hydrogens is 544 g/mol. The zero-order valence-corrected chi connectivity index (χ0v) is 24.4. The van der Waals surface area contributed by atoms with Crippen LogP contribution in [0.25, 0.3) is 44.2 Å². The van der Waals surface area contributed by atoms with E-state index in [0.29, 0.717) is 0 Å². The molecule has 1 heterocycles. The van der Waals surface area contributed by atoms with E-state index in [2.05, 4.69) is 158 Å². The number of rotatable bonds is 0. The first kappa shape index (κ1) is 23.8. The lowest BCUT2D eigenvalue weighted by molar-refractivity contribution is 0.627. The van der Waals surface area contributed by atoms with Crippen LogP contribution < -0.4 is 0 Å². The maximum atomic E-state index is 6.68. The van der Waals surface area contributed by atoms with Crippen molar-refractivity contribution in [3.8, 4) is 22.3 Å². The van der Waals surface area contributed by atoms with Crippen molar-refractivity contribution < 1.29 is 4.42 Å². The summed E-state index contributed by atoms with van der Waals surface area (Å²) in [5, 5.41) is 2.32. The third kappa shape index (κ3) is 2.57. The molecule has 1 heteroatoms. The Morgan fingerprint density at radius 1 is 0.289 bits per heavy atom. The van der Waals surface area contributed by atoms with Gasteiger partial charge in [0.25, 0.3) is 0 Å². The van der Waals surface area contributed by atoms with Crippen LogP contribution in [0.3, 0.4) is 0 Å². The van der Waals surface area contributed by atoms with Crippen LogP contribution in [0.5, 0.6) is 0 Å². The fraction of sp³-hybridized carbons (Fsp3) is 0.0455. The summed E-state index contributed by atoms with van der Waals surface area (Å²) in [5.41, 5.74) is 16.8. The Morgan fingerprint density at radius 3 is 1.16 bits per heavy atom. The van der Waals surface area contributed by atoms with Crippen LogP contribution in [0.1, 0.15) is 44.5 Å². The molecule has 3 aliphatic rings. The Kier molecular flexibility index (Phi) is 4.27. The molecule has 208 valence electrons. The van der Waals surface area contributed by atoms with Gasteiger partial charge in [-0.3, -0.25) is 0 Å². The molecule has 1 nitrogen and oxygen atoms in total. The van der Waals surface area contributed by atoms with Crippen molar-refractivity contribution in [2.75, 3.05) is 0 Å². The van der Waals surface area contributed by atoms with Crippen molar-refractivity contribution in [3.05, 3.63) is 202 Å². The summed E-state index contributed by atoms with van der Waals surface area (Å²) < 4.78 is 6.68. The fourth-order valence-electron chi connectivity index (χ4n) is 9.45. The zero-order chi connectivity index (χ0) is 29.3. The molecule has 11 rings (SSSR count). The molecular formula is C44H26O. The van der Waals surface area contributed by atoms with Gasteiger partial charge in [0.15, 0.2) is 0 Å². The average molecular weight is 571 g/mol. The third-order valence-corrected chi connectivity index (χ3v) is 11.0. The summed E-state index contributed by atoms with van der Waals surface area (Å²) in [7, 11) is 0. The molecule has 0 bridgehead atoms. The maximum absolute atomic E-state index is 6.68. The molecule has 1 aromatic heterocycles. The van der Waals surface area contributed by atoms with E-state index in [-0.39, 0.29) is 0 Å². The highest BCUT2D eigenvalue weighted by atomic mass is 16.3. The van der Waals surface area contributed by atoms with Crippen molar-refractivity contribution in [1.82, 2.24) is 0 Å². The minimum absolute atomic E-state index is 0.483. The molecule has 0 unspecified atom stereocenters. The second-order valence-electron chi connectivity index (χ2n) is 12.7. The summed E-state index contributed by atoms with van der Waals surface area (Å²) in [6.07, 6.45) is 0. The van der Waals surface area contributed by atoms with Gasteiger partial charge in [0.2, 0.25) is 0 Å². The van der Waals surface area contributed by atoms with Gasteiger partial charge in [0.05, 0.1) is 10.8 Å². The lowest BCUT2D eigenvalue weighted by atomic mass is 9.52. The van der Waals surface area contributed by atoms with Crippen molar-refractivity contribution in [2.45, 2.75) is 10.8 Å². The van der Waals surface area contributed by atoms with Gasteiger partial charge in [-0.15, -0.1) is 0 Å². The molecule has 0 aliphatic heterocycles. The second-order valence-corrected chi connectivity index (χ2v) is 12.7. The number of para-hydroxylation sites is 1. The van der Waals surface area contributed by atoms with E-state index in [4.69, 9.17) is 4.42 Å². The van der Waals surface area contributed by atoms with Crippen LogP contribution in [-0.4, -0.2) is 0 Å². The third-order valence-electron chi connectivity index (χ3n) is 11.0. The predicted molar refractivity (Wildman–Crippen MR) is 182 cm³/mol. The van der Waals surface area contributed by atoms with Gasteiger partial charge >= 0.3 is 0 Å². The monoisotopic (exact) mass is 570 g/mol. The summed E-state index contributed by atoms with van der Waals surface area (Å²) in [5.74, 6) is 0. The Balaban J connectivity index is 1.43. The lowest BCUT2D eigenvalue weighted by Crippen LogP contribution is -2.43. The van der Waals surface area contributed by atoms with Gasteiger partial charge in [0.1, 0.15) is 11.2 Å². The van der Waals surface area contributed by atoms with E-state index in [1.165, 1.54) is 72.1 Å². The molecule has 0 N–H and O–H groups in total. The first-order valence-electron chi connectivity index (χ1n) is 15.8. The highest BCUT2D eigenvalue weighted by Gasteiger charge is 2.59. The maximum Gasteiger partial charge on any atom is 0.135 e. The van der Waals surface area contributed by atoms with Gasteiger partial charge < -0.3 is 4.42 Å². The van der Waals surface area contributed by atoms with Gasteiger partial charge in [-0.1, -0.05) is 140 Å². The number of hydrogen-bond donors (Lipinski definition) is 0. The summed E-state index contributed by atoms with van der Waals surface area (Å²) in [4.78, 5) is 0. The van der Waals surface area contributed by atoms with Gasteiger partial charge in [0, 0.05) is 10.8 Å². The Labute approximate surface area is 261 Å². The summed E-state index contributed by atoms with van der Waals surface area (Å²) in [6, 6.07) is 58.8. The average Bonchev–Trinajstić information content (AvgIpc) is 3.72. The smallest absolute Gasteiger partial charge is 0.135 e. The Hall–Kier alpha value is -5.66. The fourth-order valence-corrected chi connectivity index (χ4v) is 9.45. The van der Waals surface area contributed by atoms with Crippen LogP contribution in [0.4, 0.5) is 0 Å². The first-order chi connectivity index (χ1) is 22.3. The molecule has 2 spiro atoms.